The normalized spacial score (nSPS) is 17.8. The summed E-state index contributed by atoms with van der Waals surface area (Å²) >= 11 is 0. The highest BCUT2D eigenvalue weighted by Gasteiger charge is 2.31. The van der Waals surface area contributed by atoms with E-state index >= 15 is 0 Å². The van der Waals surface area contributed by atoms with E-state index in [-0.39, 0.29) is 29.2 Å². The average Bonchev–Trinajstić information content (AvgIpc) is 3.34. The molecule has 0 atom stereocenters. The Labute approximate surface area is 190 Å². The molecule has 0 bridgehead atoms. The van der Waals surface area contributed by atoms with Gasteiger partial charge in [0.1, 0.15) is 0 Å². The third-order valence-electron chi connectivity index (χ3n) is 5.72. The Balaban J connectivity index is 1.68. The topological polar surface area (TPSA) is 79.0 Å². The molecule has 0 unspecified atom stereocenters. The number of hydrogen-bond acceptors (Lipinski definition) is 5. The molecule has 1 N–H and O–H groups in total. The van der Waals surface area contributed by atoms with Gasteiger partial charge in [-0.2, -0.15) is 17.5 Å². The number of carbonyl (C=O) groups excluding carboxylic acids is 1. The van der Waals surface area contributed by atoms with Crippen LogP contribution in [0.4, 0.5) is 24.5 Å². The van der Waals surface area contributed by atoms with Gasteiger partial charge in [0.15, 0.2) is 0 Å². The van der Waals surface area contributed by atoms with Gasteiger partial charge in [0.2, 0.25) is 10.0 Å². The van der Waals surface area contributed by atoms with Crippen molar-refractivity contribution in [2.75, 3.05) is 49.6 Å². The van der Waals surface area contributed by atoms with Gasteiger partial charge in [-0.15, -0.1) is 0 Å². The van der Waals surface area contributed by atoms with Crippen LogP contribution in [0.5, 0.6) is 0 Å². The summed E-state index contributed by atoms with van der Waals surface area (Å²) in [6, 6.07) is 8.64. The molecule has 2 aromatic rings. The molecule has 0 spiro atoms. The molecule has 2 aliphatic heterocycles. The number of sulfonamides is 1. The third-order valence-corrected chi connectivity index (χ3v) is 7.62. The summed E-state index contributed by atoms with van der Waals surface area (Å²) in [5, 5.41) is 2.64. The predicted molar refractivity (Wildman–Crippen MR) is 117 cm³/mol. The van der Waals surface area contributed by atoms with Crippen LogP contribution in [-0.2, 0) is 20.9 Å². The smallest absolute Gasteiger partial charge is 0.379 e. The van der Waals surface area contributed by atoms with Crippen molar-refractivity contribution in [3.05, 3.63) is 53.6 Å². The number of ether oxygens (including phenoxy) is 1. The zero-order chi connectivity index (χ0) is 23.6. The van der Waals surface area contributed by atoms with Gasteiger partial charge in [-0.05, 0) is 49.2 Å². The van der Waals surface area contributed by atoms with Gasteiger partial charge in [0, 0.05) is 31.7 Å². The fourth-order valence-corrected chi connectivity index (χ4v) is 5.41. The van der Waals surface area contributed by atoms with E-state index in [1.54, 1.807) is 6.07 Å². The Morgan fingerprint density at radius 2 is 1.67 bits per heavy atom. The summed E-state index contributed by atoms with van der Waals surface area (Å²) in [6.45, 7) is 2.52. The number of anilines is 2. The van der Waals surface area contributed by atoms with Crippen molar-refractivity contribution in [2.24, 2.45) is 0 Å². The lowest BCUT2D eigenvalue weighted by Crippen LogP contribution is -2.40. The van der Waals surface area contributed by atoms with Crippen molar-refractivity contribution >= 4 is 27.3 Å². The molecule has 33 heavy (non-hydrogen) atoms. The van der Waals surface area contributed by atoms with E-state index in [2.05, 4.69) is 5.32 Å². The number of rotatable bonds is 5. The van der Waals surface area contributed by atoms with E-state index in [1.165, 1.54) is 28.6 Å². The van der Waals surface area contributed by atoms with Crippen LogP contribution in [0.3, 0.4) is 0 Å². The van der Waals surface area contributed by atoms with Crippen molar-refractivity contribution in [3.8, 4) is 0 Å². The molecule has 178 valence electrons. The van der Waals surface area contributed by atoms with Crippen LogP contribution in [-0.4, -0.2) is 58.0 Å². The van der Waals surface area contributed by atoms with Gasteiger partial charge in [-0.25, -0.2) is 8.42 Å². The lowest BCUT2D eigenvalue weighted by Gasteiger charge is -2.27. The first-order valence-corrected chi connectivity index (χ1v) is 12.1. The fourth-order valence-electron chi connectivity index (χ4n) is 3.98. The predicted octanol–water partition coefficient (Wildman–Crippen LogP) is 3.58. The maximum atomic E-state index is 13.1. The summed E-state index contributed by atoms with van der Waals surface area (Å²) in [7, 11) is -3.82. The molecule has 2 saturated heterocycles. The van der Waals surface area contributed by atoms with Gasteiger partial charge in [0.05, 0.1) is 35.0 Å². The zero-order valence-electron chi connectivity index (χ0n) is 17.8. The SMILES string of the molecule is O=C(Nc1cc(S(=O)(=O)N2CCOCC2)ccc1N1CCCC1)c1cccc(C(F)(F)F)c1. The second kappa shape index (κ2) is 9.32. The Kier molecular flexibility index (Phi) is 6.64. The first-order valence-electron chi connectivity index (χ1n) is 10.6. The first-order chi connectivity index (χ1) is 15.7. The average molecular weight is 484 g/mol. The molecule has 0 radical (unpaired) electrons. The molecular formula is C22H24F3N3O4S. The van der Waals surface area contributed by atoms with Crippen LogP contribution < -0.4 is 10.2 Å². The number of benzene rings is 2. The van der Waals surface area contributed by atoms with E-state index in [0.717, 1.165) is 38.1 Å². The maximum absolute atomic E-state index is 13.1. The molecule has 1 amide bonds. The lowest BCUT2D eigenvalue weighted by atomic mass is 10.1. The van der Waals surface area contributed by atoms with Crippen molar-refractivity contribution in [3.63, 3.8) is 0 Å². The number of nitrogens with zero attached hydrogens (tertiary/aromatic N) is 2. The number of morpholine rings is 1. The monoisotopic (exact) mass is 483 g/mol. The Morgan fingerprint density at radius 1 is 0.970 bits per heavy atom. The van der Waals surface area contributed by atoms with E-state index in [4.69, 9.17) is 4.74 Å². The molecule has 2 aliphatic rings. The highest BCUT2D eigenvalue weighted by molar-refractivity contribution is 7.89. The van der Waals surface area contributed by atoms with Gasteiger partial charge in [-0.3, -0.25) is 4.79 Å². The van der Waals surface area contributed by atoms with E-state index in [9.17, 15) is 26.4 Å². The summed E-state index contributed by atoms with van der Waals surface area (Å²) in [4.78, 5) is 14.9. The maximum Gasteiger partial charge on any atom is 0.416 e. The number of carbonyl (C=O) groups is 1. The van der Waals surface area contributed by atoms with Crippen LogP contribution in [0.15, 0.2) is 47.4 Å². The number of amides is 1. The molecule has 4 rings (SSSR count). The molecule has 0 saturated carbocycles. The second-order valence-corrected chi connectivity index (χ2v) is 9.86. The van der Waals surface area contributed by atoms with Crippen molar-refractivity contribution < 1.29 is 31.1 Å². The summed E-state index contributed by atoms with van der Waals surface area (Å²) < 4.78 is 72.0. The number of halogens is 3. The van der Waals surface area contributed by atoms with Crippen LogP contribution in [0.1, 0.15) is 28.8 Å². The molecule has 0 aliphatic carbocycles. The molecule has 11 heteroatoms. The van der Waals surface area contributed by atoms with E-state index in [1.807, 2.05) is 4.90 Å². The molecule has 7 nitrogen and oxygen atoms in total. The second-order valence-electron chi connectivity index (χ2n) is 7.92. The Bertz CT molecular complexity index is 1130. The highest BCUT2D eigenvalue weighted by atomic mass is 32.2. The van der Waals surface area contributed by atoms with Gasteiger partial charge >= 0.3 is 6.18 Å². The van der Waals surface area contributed by atoms with Crippen molar-refractivity contribution in [2.45, 2.75) is 23.9 Å². The minimum absolute atomic E-state index is 0.00619. The molecule has 2 aromatic carbocycles. The largest absolute Gasteiger partial charge is 0.416 e. The van der Waals surface area contributed by atoms with Crippen LogP contribution in [0, 0.1) is 0 Å². The van der Waals surface area contributed by atoms with Gasteiger partial charge in [0.25, 0.3) is 5.91 Å². The molecular weight excluding hydrogens is 459 g/mol. The third kappa shape index (κ3) is 5.15. The summed E-state index contributed by atoms with van der Waals surface area (Å²) in [5.74, 6) is -0.748. The van der Waals surface area contributed by atoms with Crippen molar-refractivity contribution in [1.29, 1.82) is 0 Å². The van der Waals surface area contributed by atoms with E-state index in [0.29, 0.717) is 18.9 Å². The minimum atomic E-state index is -4.58. The van der Waals surface area contributed by atoms with Gasteiger partial charge in [-0.1, -0.05) is 6.07 Å². The van der Waals surface area contributed by atoms with Gasteiger partial charge < -0.3 is 15.0 Å². The lowest BCUT2D eigenvalue weighted by molar-refractivity contribution is -0.137. The molecule has 2 heterocycles. The molecule has 0 aromatic heterocycles. The quantitative estimate of drug-likeness (QED) is 0.704. The fraction of sp³-hybridized carbons (Fsp3) is 0.409. The first kappa shape index (κ1) is 23.5. The van der Waals surface area contributed by atoms with Crippen LogP contribution in [0.2, 0.25) is 0 Å². The standard InChI is InChI=1S/C22H24F3N3O4S/c23-22(24,25)17-5-3-4-16(14-17)21(29)26-19-15-18(6-7-20(19)27-8-1-2-9-27)33(30,31)28-10-12-32-13-11-28/h3-7,14-15H,1-2,8-13H2,(H,26,29). The molecule has 2 fully saturated rings. The van der Waals surface area contributed by atoms with E-state index < -0.39 is 27.7 Å². The van der Waals surface area contributed by atoms with Crippen LogP contribution >= 0.6 is 0 Å². The summed E-state index contributed by atoms with van der Waals surface area (Å²) in [6.07, 6.45) is -2.67. The Morgan fingerprint density at radius 3 is 2.33 bits per heavy atom. The summed E-state index contributed by atoms with van der Waals surface area (Å²) in [5.41, 5.74) is -0.223. The van der Waals surface area contributed by atoms with Crippen LogP contribution in [0.25, 0.3) is 0 Å². The Hall–Kier alpha value is -2.63. The minimum Gasteiger partial charge on any atom is -0.379 e. The number of alkyl halides is 3. The zero-order valence-corrected chi connectivity index (χ0v) is 18.6. The van der Waals surface area contributed by atoms with Crippen molar-refractivity contribution in [1.82, 2.24) is 4.31 Å². The number of hydrogen-bond donors (Lipinski definition) is 1. The highest BCUT2D eigenvalue weighted by Crippen LogP contribution is 2.34. The number of nitrogens with one attached hydrogen (secondary N) is 1.